The van der Waals surface area contributed by atoms with Crippen molar-refractivity contribution in [2.45, 2.75) is 105 Å². The third-order valence-electron chi connectivity index (χ3n) is 6.21. The Morgan fingerprint density at radius 1 is 1.00 bits per heavy atom. The SMILES string of the molecule is CCC[CH2][Sn]([CH2]CCC)([CH2]CCC)[c]1cccc2c1N(C(=O)OC(C)(C)C)CC2. The number of nitrogens with zero attached hydrogens (tertiary/aromatic N) is 1. The number of amides is 1. The van der Waals surface area contributed by atoms with Crippen molar-refractivity contribution >= 4 is 33.7 Å². The van der Waals surface area contributed by atoms with Gasteiger partial charge in [0.25, 0.3) is 0 Å². The fourth-order valence-electron chi connectivity index (χ4n) is 4.71. The average Bonchev–Trinajstić information content (AvgIpc) is 3.11. The summed E-state index contributed by atoms with van der Waals surface area (Å²) in [6, 6.07) is 6.90. The van der Waals surface area contributed by atoms with Gasteiger partial charge in [-0.1, -0.05) is 0 Å². The van der Waals surface area contributed by atoms with Crippen molar-refractivity contribution in [2.75, 3.05) is 11.4 Å². The normalized spacial score (nSPS) is 14.2. The van der Waals surface area contributed by atoms with Crippen LogP contribution in [-0.2, 0) is 11.2 Å². The van der Waals surface area contributed by atoms with E-state index in [0.717, 1.165) is 13.0 Å². The van der Waals surface area contributed by atoms with Gasteiger partial charge >= 0.3 is 184 Å². The number of rotatable bonds is 10. The van der Waals surface area contributed by atoms with E-state index in [4.69, 9.17) is 4.74 Å². The van der Waals surface area contributed by atoms with Crippen molar-refractivity contribution in [3.05, 3.63) is 23.8 Å². The first-order valence-electron chi connectivity index (χ1n) is 11.9. The van der Waals surface area contributed by atoms with Gasteiger partial charge in [-0.05, 0) is 0 Å². The molecular formula is C25H43NO2Sn. The van der Waals surface area contributed by atoms with Gasteiger partial charge in [-0.15, -0.1) is 0 Å². The molecule has 0 saturated heterocycles. The first-order chi connectivity index (χ1) is 13.8. The number of fused-ring (bicyclic) bond motifs is 1. The summed E-state index contributed by atoms with van der Waals surface area (Å²) in [5.74, 6) is 0. The van der Waals surface area contributed by atoms with Gasteiger partial charge in [0.15, 0.2) is 0 Å². The van der Waals surface area contributed by atoms with Crippen LogP contribution in [0.3, 0.4) is 0 Å². The fourth-order valence-corrected chi connectivity index (χ4v) is 21.5. The molecule has 0 bridgehead atoms. The number of anilines is 1. The van der Waals surface area contributed by atoms with Gasteiger partial charge in [-0.2, -0.15) is 0 Å². The second kappa shape index (κ2) is 11.1. The number of carbonyl (C=O) groups excluding carboxylic acids is 1. The Kier molecular flexibility index (Phi) is 9.37. The number of carbonyl (C=O) groups is 1. The summed E-state index contributed by atoms with van der Waals surface area (Å²) in [6.45, 7) is 13.6. The summed E-state index contributed by atoms with van der Waals surface area (Å²) >= 11 is -2.64. The van der Waals surface area contributed by atoms with E-state index in [1.807, 2.05) is 25.7 Å². The molecule has 1 aliphatic rings. The fraction of sp³-hybridized carbons (Fsp3) is 0.720. The van der Waals surface area contributed by atoms with Gasteiger partial charge in [0.1, 0.15) is 0 Å². The van der Waals surface area contributed by atoms with E-state index in [2.05, 4.69) is 39.0 Å². The Morgan fingerprint density at radius 2 is 1.55 bits per heavy atom. The Bertz CT molecular complexity index is 644. The standard InChI is InChI=1S/C13H16NO2.3C4H9.Sn/c1-13(2,3)16-12(15)14-9-8-10-6-4-5-7-11(10)14;3*1-3-4-2;/h4-6H,8-9H2,1-3H3;3*1,3-4H2,2H3;. The molecule has 1 heterocycles. The molecule has 1 aromatic rings. The molecule has 164 valence electrons. The van der Waals surface area contributed by atoms with E-state index in [9.17, 15) is 4.79 Å². The molecule has 29 heavy (non-hydrogen) atoms. The summed E-state index contributed by atoms with van der Waals surface area (Å²) in [4.78, 5) is 15.0. The first kappa shape index (κ1) is 24.6. The number of benzene rings is 1. The molecule has 0 aliphatic carbocycles. The minimum absolute atomic E-state index is 0.162. The molecule has 0 unspecified atom stereocenters. The summed E-state index contributed by atoms with van der Waals surface area (Å²) in [5, 5.41) is 0. The second-order valence-electron chi connectivity index (χ2n) is 9.79. The van der Waals surface area contributed by atoms with Crippen LogP contribution in [0.2, 0.25) is 13.3 Å². The zero-order valence-corrected chi connectivity index (χ0v) is 22.6. The Balaban J connectivity index is 2.51. The van der Waals surface area contributed by atoms with E-state index in [1.165, 1.54) is 63.1 Å². The molecule has 0 fully saturated rings. The van der Waals surface area contributed by atoms with Crippen LogP contribution in [0.15, 0.2) is 18.2 Å². The third-order valence-corrected chi connectivity index (χ3v) is 21.8. The summed E-state index contributed by atoms with van der Waals surface area (Å²) < 4.78 is 11.7. The van der Waals surface area contributed by atoms with Gasteiger partial charge in [0.2, 0.25) is 0 Å². The van der Waals surface area contributed by atoms with Crippen LogP contribution >= 0.6 is 0 Å². The molecule has 2 rings (SSSR count). The monoisotopic (exact) mass is 509 g/mol. The van der Waals surface area contributed by atoms with Crippen molar-refractivity contribution in [3.63, 3.8) is 0 Å². The molecule has 1 aromatic carbocycles. The zero-order valence-electron chi connectivity index (χ0n) is 19.8. The average molecular weight is 508 g/mol. The maximum absolute atomic E-state index is 13.1. The van der Waals surface area contributed by atoms with Crippen LogP contribution in [0.4, 0.5) is 10.5 Å². The first-order valence-corrected chi connectivity index (χ1v) is 19.4. The molecule has 1 amide bonds. The number of para-hydroxylation sites is 1. The molecule has 0 spiro atoms. The van der Waals surface area contributed by atoms with Gasteiger partial charge in [0, 0.05) is 0 Å². The number of hydrogen-bond acceptors (Lipinski definition) is 2. The van der Waals surface area contributed by atoms with Gasteiger partial charge in [-0.25, -0.2) is 0 Å². The molecule has 0 N–H and O–H groups in total. The van der Waals surface area contributed by atoms with Crippen LogP contribution in [-0.4, -0.2) is 36.6 Å². The summed E-state index contributed by atoms with van der Waals surface area (Å²) in [6.07, 6.45) is 8.59. The van der Waals surface area contributed by atoms with E-state index in [-0.39, 0.29) is 6.09 Å². The van der Waals surface area contributed by atoms with Gasteiger partial charge in [-0.3, -0.25) is 0 Å². The molecule has 0 atom stereocenters. The Hall–Kier alpha value is -0.711. The van der Waals surface area contributed by atoms with Crippen molar-refractivity contribution in [1.29, 1.82) is 0 Å². The van der Waals surface area contributed by atoms with Crippen molar-refractivity contribution < 1.29 is 9.53 Å². The van der Waals surface area contributed by atoms with E-state index in [0.29, 0.717) is 0 Å². The molecule has 4 heteroatoms. The number of unbranched alkanes of at least 4 members (excludes halogenated alkanes) is 3. The molecule has 0 radical (unpaired) electrons. The maximum atomic E-state index is 13.1. The van der Waals surface area contributed by atoms with Gasteiger partial charge < -0.3 is 0 Å². The molecule has 1 aliphatic heterocycles. The van der Waals surface area contributed by atoms with Crippen LogP contribution in [0, 0.1) is 0 Å². The van der Waals surface area contributed by atoms with Crippen LogP contribution in [0.1, 0.15) is 85.6 Å². The predicted octanol–water partition coefficient (Wildman–Crippen LogP) is 7.04. The second-order valence-corrected chi connectivity index (χ2v) is 22.9. The van der Waals surface area contributed by atoms with Crippen molar-refractivity contribution in [2.24, 2.45) is 0 Å². The quantitative estimate of drug-likeness (QED) is 0.318. The van der Waals surface area contributed by atoms with Crippen LogP contribution in [0.5, 0.6) is 0 Å². The molecular weight excluding hydrogens is 465 g/mol. The Labute approximate surface area is 183 Å². The zero-order chi connectivity index (χ0) is 21.5. The van der Waals surface area contributed by atoms with Crippen molar-refractivity contribution in [3.8, 4) is 0 Å². The van der Waals surface area contributed by atoms with Crippen LogP contribution in [0.25, 0.3) is 0 Å². The third kappa shape index (κ3) is 6.38. The molecule has 0 aromatic heterocycles. The molecule has 3 nitrogen and oxygen atoms in total. The summed E-state index contributed by atoms with van der Waals surface area (Å²) in [7, 11) is 0. The Morgan fingerprint density at radius 3 is 2.03 bits per heavy atom. The molecule has 0 saturated carbocycles. The van der Waals surface area contributed by atoms with Gasteiger partial charge in [0.05, 0.1) is 0 Å². The number of ether oxygens (including phenoxy) is 1. The van der Waals surface area contributed by atoms with E-state index in [1.54, 1.807) is 3.58 Å². The number of hydrogen-bond donors (Lipinski definition) is 0. The summed E-state index contributed by atoms with van der Waals surface area (Å²) in [5.41, 5.74) is 2.15. The topological polar surface area (TPSA) is 29.5 Å². The van der Waals surface area contributed by atoms with E-state index >= 15 is 0 Å². The minimum atomic E-state index is -2.64. The van der Waals surface area contributed by atoms with Crippen LogP contribution < -0.4 is 8.48 Å². The van der Waals surface area contributed by atoms with Crippen molar-refractivity contribution in [1.82, 2.24) is 0 Å². The predicted molar refractivity (Wildman–Crippen MR) is 128 cm³/mol. The van der Waals surface area contributed by atoms with E-state index < -0.39 is 24.0 Å².